The summed E-state index contributed by atoms with van der Waals surface area (Å²) in [6.07, 6.45) is 0. The van der Waals surface area contributed by atoms with Gasteiger partial charge in [-0.15, -0.1) is 0 Å². The smallest absolute Gasteiger partial charge is 0.332 e. The Balaban J connectivity index is 2.21. The summed E-state index contributed by atoms with van der Waals surface area (Å²) in [5.74, 6) is 0.166. The Bertz CT molecular complexity index is 1530. The Kier molecular flexibility index (Phi) is 6.01. The summed E-state index contributed by atoms with van der Waals surface area (Å²) in [5, 5.41) is 10.3. The Morgan fingerprint density at radius 3 is 2.55 bits per heavy atom. The Labute approximate surface area is 194 Å². The number of benzene rings is 2. The molecule has 0 fully saturated rings. The molecule has 2 heterocycles. The van der Waals surface area contributed by atoms with Crippen molar-refractivity contribution in [3.05, 3.63) is 91.1 Å². The van der Waals surface area contributed by atoms with Crippen LogP contribution in [0.4, 0.5) is 0 Å². The van der Waals surface area contributed by atoms with Gasteiger partial charge in [0.15, 0.2) is 5.65 Å². The summed E-state index contributed by atoms with van der Waals surface area (Å²) in [6.45, 7) is 0.0617. The van der Waals surface area contributed by atoms with Crippen molar-refractivity contribution >= 4 is 22.6 Å². The second-order valence-electron chi connectivity index (χ2n) is 7.40. The third-order valence-corrected chi connectivity index (χ3v) is 5.72. The molecule has 0 bridgehead atoms. The predicted molar refractivity (Wildman–Crippen MR) is 126 cm³/mol. The van der Waals surface area contributed by atoms with Gasteiger partial charge in [0.1, 0.15) is 0 Å². The highest BCUT2D eigenvalue weighted by molar-refractivity contribution is 6.31. The molecule has 0 spiro atoms. The topological polar surface area (TPSA) is 116 Å². The quantitative estimate of drug-likeness (QED) is 0.488. The summed E-state index contributed by atoms with van der Waals surface area (Å²) in [7, 11) is 2.96. The zero-order valence-electron chi connectivity index (χ0n) is 18.0. The largest absolute Gasteiger partial charge is 0.481 e. The van der Waals surface area contributed by atoms with Crippen LogP contribution < -0.4 is 21.7 Å². The summed E-state index contributed by atoms with van der Waals surface area (Å²) < 4.78 is 7.88. The lowest BCUT2D eigenvalue weighted by Gasteiger charge is -2.18. The van der Waals surface area contributed by atoms with Gasteiger partial charge in [0.2, 0.25) is 5.88 Å². The van der Waals surface area contributed by atoms with E-state index in [0.717, 1.165) is 10.1 Å². The molecule has 0 aliphatic rings. The average molecular weight is 462 g/mol. The van der Waals surface area contributed by atoms with Gasteiger partial charge in [-0.05, 0) is 23.8 Å². The first kappa shape index (κ1) is 22.3. The number of hydrogen-bond acceptors (Lipinski definition) is 6. The normalized spacial score (nSPS) is 10.9. The molecule has 0 amide bonds. The molecule has 4 rings (SSSR count). The molecular formula is C24H20ClN5O3. The number of fused-ring (bicyclic) bond motifs is 1. The predicted octanol–water partition coefficient (Wildman–Crippen LogP) is 2.80. The summed E-state index contributed by atoms with van der Waals surface area (Å²) in [6, 6.07) is 16.1. The van der Waals surface area contributed by atoms with Crippen molar-refractivity contribution < 1.29 is 4.74 Å². The van der Waals surface area contributed by atoms with Crippen molar-refractivity contribution in [2.24, 2.45) is 12.8 Å². The van der Waals surface area contributed by atoms with Crippen LogP contribution in [0.5, 0.6) is 5.88 Å². The van der Waals surface area contributed by atoms with E-state index in [1.54, 1.807) is 18.2 Å². The highest BCUT2D eigenvalue weighted by Gasteiger charge is 2.24. The van der Waals surface area contributed by atoms with Crippen LogP contribution in [-0.2, 0) is 20.1 Å². The highest BCUT2D eigenvalue weighted by Crippen LogP contribution is 2.37. The van der Waals surface area contributed by atoms with Gasteiger partial charge in [-0.25, -0.2) is 4.79 Å². The van der Waals surface area contributed by atoms with E-state index in [9.17, 15) is 14.9 Å². The molecule has 0 saturated carbocycles. The van der Waals surface area contributed by atoms with Gasteiger partial charge in [-0.2, -0.15) is 10.2 Å². The molecule has 166 valence electrons. The van der Waals surface area contributed by atoms with E-state index in [0.29, 0.717) is 27.3 Å². The first-order valence-corrected chi connectivity index (χ1v) is 10.4. The van der Waals surface area contributed by atoms with Crippen LogP contribution in [0.25, 0.3) is 22.2 Å². The fourth-order valence-corrected chi connectivity index (χ4v) is 4.08. The van der Waals surface area contributed by atoms with Crippen molar-refractivity contribution in [2.45, 2.75) is 13.1 Å². The second-order valence-corrected chi connectivity index (χ2v) is 7.83. The van der Waals surface area contributed by atoms with E-state index < -0.39 is 11.2 Å². The number of aromatic nitrogens is 3. The lowest BCUT2D eigenvalue weighted by atomic mass is 9.94. The highest BCUT2D eigenvalue weighted by atomic mass is 35.5. The van der Waals surface area contributed by atoms with E-state index in [-0.39, 0.29) is 30.0 Å². The van der Waals surface area contributed by atoms with Crippen molar-refractivity contribution in [3.8, 4) is 23.1 Å². The molecule has 2 aromatic heterocycles. The number of aryl methyl sites for hydroxylation is 1. The Hall–Kier alpha value is -3.93. The van der Waals surface area contributed by atoms with E-state index in [4.69, 9.17) is 22.1 Å². The van der Waals surface area contributed by atoms with Crippen LogP contribution in [0.15, 0.2) is 58.1 Å². The van der Waals surface area contributed by atoms with Crippen LogP contribution in [-0.4, -0.2) is 21.2 Å². The molecule has 0 radical (unpaired) electrons. The average Bonchev–Trinajstić information content (AvgIpc) is 2.84. The maximum atomic E-state index is 13.8. The van der Waals surface area contributed by atoms with Crippen molar-refractivity contribution in [2.75, 3.05) is 7.11 Å². The summed E-state index contributed by atoms with van der Waals surface area (Å²) in [5.41, 5.74) is 7.43. The van der Waals surface area contributed by atoms with Crippen molar-refractivity contribution in [3.63, 3.8) is 0 Å². The van der Waals surface area contributed by atoms with E-state index in [1.165, 1.54) is 18.7 Å². The minimum absolute atomic E-state index is 0.0141. The first-order chi connectivity index (χ1) is 15.9. The van der Waals surface area contributed by atoms with Gasteiger partial charge in [-0.1, -0.05) is 41.9 Å². The number of nitrogens with two attached hydrogens (primary N) is 1. The summed E-state index contributed by atoms with van der Waals surface area (Å²) in [4.78, 5) is 31.3. The number of nitrogens with zero attached hydrogens (tertiary/aromatic N) is 4. The fourth-order valence-electron chi connectivity index (χ4n) is 3.91. The number of methoxy groups -OCH3 is 1. The standard InChI is InChI=1S/C24H20ClN5O3/c1-29-21-20(23(31)30(24(29)32)13-14-6-4-3-5-7-14)19(18(12-27)22(28-21)33-2)17-10-16(25)9-8-15(17)11-26/h3-10H,12-13,27H2,1-2H3. The van der Waals surface area contributed by atoms with Gasteiger partial charge in [0.05, 0.1) is 30.7 Å². The van der Waals surface area contributed by atoms with Gasteiger partial charge < -0.3 is 10.5 Å². The fraction of sp³-hybridized carbons (Fsp3) is 0.167. The summed E-state index contributed by atoms with van der Waals surface area (Å²) >= 11 is 6.25. The second kappa shape index (κ2) is 8.90. The van der Waals surface area contributed by atoms with Gasteiger partial charge in [0.25, 0.3) is 5.56 Å². The molecule has 0 aliphatic heterocycles. The van der Waals surface area contributed by atoms with Gasteiger partial charge >= 0.3 is 5.69 Å². The number of halogens is 1. The van der Waals surface area contributed by atoms with Crippen LogP contribution >= 0.6 is 11.6 Å². The zero-order chi connectivity index (χ0) is 23.7. The van der Waals surface area contributed by atoms with Gasteiger partial charge in [0, 0.05) is 35.3 Å². The first-order valence-electron chi connectivity index (χ1n) is 10.1. The molecule has 0 unspecified atom stereocenters. The minimum atomic E-state index is -0.541. The monoisotopic (exact) mass is 461 g/mol. The van der Waals surface area contributed by atoms with Crippen LogP contribution in [0.1, 0.15) is 16.7 Å². The number of nitriles is 1. The molecule has 0 saturated heterocycles. The molecule has 8 nitrogen and oxygen atoms in total. The molecule has 9 heteroatoms. The third-order valence-electron chi connectivity index (χ3n) is 5.49. The van der Waals surface area contributed by atoms with Crippen molar-refractivity contribution in [1.82, 2.24) is 14.1 Å². The molecule has 0 aliphatic carbocycles. The lowest BCUT2D eigenvalue weighted by Crippen LogP contribution is -2.40. The number of ether oxygens (including phenoxy) is 1. The molecule has 2 aromatic carbocycles. The Morgan fingerprint density at radius 1 is 1.18 bits per heavy atom. The lowest BCUT2D eigenvalue weighted by molar-refractivity contribution is 0.394. The molecular weight excluding hydrogens is 442 g/mol. The van der Waals surface area contributed by atoms with Gasteiger partial charge in [-0.3, -0.25) is 13.9 Å². The van der Waals surface area contributed by atoms with Crippen molar-refractivity contribution in [1.29, 1.82) is 5.26 Å². The molecule has 33 heavy (non-hydrogen) atoms. The van der Waals surface area contributed by atoms with E-state index in [1.807, 2.05) is 30.3 Å². The van der Waals surface area contributed by atoms with E-state index in [2.05, 4.69) is 11.1 Å². The number of rotatable bonds is 5. The zero-order valence-corrected chi connectivity index (χ0v) is 18.8. The maximum absolute atomic E-state index is 13.8. The van der Waals surface area contributed by atoms with Crippen LogP contribution in [0, 0.1) is 11.3 Å². The van der Waals surface area contributed by atoms with Crippen LogP contribution in [0.3, 0.4) is 0 Å². The third kappa shape index (κ3) is 3.78. The maximum Gasteiger partial charge on any atom is 0.332 e. The molecule has 2 N–H and O–H groups in total. The SMILES string of the molecule is COc1nc2c(c(-c3cc(Cl)ccc3C#N)c1CN)c(=O)n(Cc1ccccc1)c(=O)n2C. The number of hydrogen-bond donors (Lipinski definition) is 1. The molecule has 4 aromatic rings. The minimum Gasteiger partial charge on any atom is -0.481 e. The van der Waals surface area contributed by atoms with E-state index >= 15 is 0 Å². The molecule has 0 atom stereocenters. The van der Waals surface area contributed by atoms with Crippen LogP contribution in [0.2, 0.25) is 5.02 Å². The number of pyridine rings is 1. The Morgan fingerprint density at radius 2 is 1.91 bits per heavy atom.